The number of carbonyl (C=O) groups is 1. The van der Waals surface area contributed by atoms with Gasteiger partial charge in [-0.3, -0.25) is 9.00 Å². The molecule has 0 saturated carbocycles. The first kappa shape index (κ1) is 18.8. The van der Waals surface area contributed by atoms with Crippen molar-refractivity contribution in [2.45, 2.75) is 19.6 Å². The molecule has 1 atom stereocenters. The number of aryl methyl sites for hydroxylation is 2. The highest BCUT2D eigenvalue weighted by Crippen LogP contribution is 2.23. The number of hydrogen-bond acceptors (Lipinski definition) is 5. The number of likely N-dealkylation sites (N-methyl/N-ethyl adjacent to an activating group) is 1. The average molecular weight is 375 g/mol. The van der Waals surface area contributed by atoms with Crippen LogP contribution in [0.3, 0.4) is 0 Å². The molecule has 0 unspecified atom stereocenters. The van der Waals surface area contributed by atoms with Gasteiger partial charge < -0.3 is 14.2 Å². The summed E-state index contributed by atoms with van der Waals surface area (Å²) in [5, 5.41) is 0. The summed E-state index contributed by atoms with van der Waals surface area (Å²) in [6.45, 7) is 6.96. The molecule has 2 heterocycles. The summed E-state index contributed by atoms with van der Waals surface area (Å²) in [7, 11) is 0.744. The molecule has 2 aromatic rings. The van der Waals surface area contributed by atoms with Gasteiger partial charge in [0.25, 0.3) is 0 Å². The minimum Gasteiger partial charge on any atom is -0.441 e. The van der Waals surface area contributed by atoms with Gasteiger partial charge in [0, 0.05) is 42.5 Å². The fourth-order valence-electron chi connectivity index (χ4n) is 2.95. The smallest absolute Gasteiger partial charge is 0.235 e. The first-order valence-corrected chi connectivity index (χ1v) is 10.3. The van der Waals surface area contributed by atoms with E-state index in [4.69, 9.17) is 4.42 Å². The molecule has 6 nitrogen and oxygen atoms in total. The molecule has 0 N–H and O–H groups in total. The van der Waals surface area contributed by atoms with Gasteiger partial charge in [-0.05, 0) is 33.0 Å². The summed E-state index contributed by atoms with van der Waals surface area (Å²) in [5.74, 6) is 1.41. The second-order valence-electron chi connectivity index (χ2n) is 6.80. The lowest BCUT2D eigenvalue weighted by atomic mass is 10.1. The normalized spacial score (nSPS) is 16.7. The van der Waals surface area contributed by atoms with Crippen LogP contribution in [0.25, 0.3) is 11.5 Å². The Bertz CT molecular complexity index is 810. The van der Waals surface area contributed by atoms with E-state index >= 15 is 0 Å². The molecular weight excluding hydrogens is 350 g/mol. The van der Waals surface area contributed by atoms with Gasteiger partial charge in [0.2, 0.25) is 11.8 Å². The van der Waals surface area contributed by atoms with Crippen molar-refractivity contribution < 1.29 is 13.4 Å². The summed E-state index contributed by atoms with van der Waals surface area (Å²) < 4.78 is 18.2. The lowest BCUT2D eigenvalue weighted by Crippen LogP contribution is -2.48. The summed E-state index contributed by atoms with van der Waals surface area (Å²) in [5.41, 5.74) is 2.69. The number of nitrogens with zero attached hydrogens (tertiary/aromatic N) is 3. The molecule has 1 aromatic heterocycles. The SMILES string of the molecule is Cc1cccc(-c2nc(C[S@](=O)CC(=O)N3CCN(C)CC3)c(C)o2)c1. The van der Waals surface area contributed by atoms with E-state index in [0.717, 1.165) is 24.2 Å². The Balaban J connectivity index is 1.62. The molecule has 1 aliphatic heterocycles. The molecule has 0 spiro atoms. The van der Waals surface area contributed by atoms with Crippen molar-refractivity contribution in [2.75, 3.05) is 39.0 Å². The Labute approximate surface area is 156 Å². The molecule has 26 heavy (non-hydrogen) atoms. The second kappa shape index (κ2) is 8.14. The van der Waals surface area contributed by atoms with E-state index in [1.54, 1.807) is 4.90 Å². The first-order chi connectivity index (χ1) is 12.4. The number of amides is 1. The van der Waals surface area contributed by atoms with Crippen LogP contribution in [0.2, 0.25) is 0 Å². The van der Waals surface area contributed by atoms with E-state index in [0.29, 0.717) is 30.4 Å². The second-order valence-corrected chi connectivity index (χ2v) is 8.26. The zero-order valence-electron chi connectivity index (χ0n) is 15.5. The number of carbonyl (C=O) groups excluding carboxylic acids is 1. The highest BCUT2D eigenvalue weighted by Gasteiger charge is 2.22. The summed E-state index contributed by atoms with van der Waals surface area (Å²) >= 11 is 0. The van der Waals surface area contributed by atoms with E-state index in [1.807, 2.05) is 45.2 Å². The molecule has 1 amide bonds. The van der Waals surface area contributed by atoms with Gasteiger partial charge in [0.15, 0.2) is 0 Å². The number of benzene rings is 1. The third kappa shape index (κ3) is 4.59. The third-order valence-electron chi connectivity index (χ3n) is 4.60. The van der Waals surface area contributed by atoms with E-state index in [2.05, 4.69) is 9.88 Å². The van der Waals surface area contributed by atoms with Crippen molar-refractivity contribution in [1.82, 2.24) is 14.8 Å². The molecule has 1 aromatic carbocycles. The molecule has 7 heteroatoms. The molecule has 140 valence electrons. The third-order valence-corrected chi connectivity index (χ3v) is 5.76. The highest BCUT2D eigenvalue weighted by atomic mass is 32.2. The molecule has 3 rings (SSSR count). The standard InChI is InChI=1S/C19H25N3O3S/c1-14-5-4-6-16(11-14)19-20-17(15(2)25-19)12-26(24)13-18(23)22-9-7-21(3)8-10-22/h4-6,11H,7-10,12-13H2,1-3H3/t26-/m0/s1. The number of piperazine rings is 1. The van der Waals surface area contributed by atoms with Gasteiger partial charge in [0.05, 0.1) is 11.4 Å². The predicted octanol–water partition coefficient (Wildman–Crippen LogP) is 1.98. The largest absolute Gasteiger partial charge is 0.441 e. The Kier molecular flexibility index (Phi) is 5.88. The van der Waals surface area contributed by atoms with Crippen LogP contribution in [0.4, 0.5) is 0 Å². The first-order valence-electron chi connectivity index (χ1n) is 8.77. The van der Waals surface area contributed by atoms with E-state index < -0.39 is 10.8 Å². The van der Waals surface area contributed by atoms with Gasteiger partial charge in [-0.15, -0.1) is 0 Å². The van der Waals surface area contributed by atoms with Crippen molar-refractivity contribution in [3.63, 3.8) is 0 Å². The Morgan fingerprint density at radius 2 is 1.96 bits per heavy atom. The molecule has 0 bridgehead atoms. The zero-order chi connectivity index (χ0) is 18.7. The molecule has 0 radical (unpaired) electrons. The molecule has 1 fully saturated rings. The van der Waals surface area contributed by atoms with Crippen LogP contribution in [-0.4, -0.2) is 63.9 Å². The minimum absolute atomic E-state index is 0.0375. The Morgan fingerprint density at radius 3 is 2.65 bits per heavy atom. The van der Waals surface area contributed by atoms with Crippen LogP contribution >= 0.6 is 0 Å². The van der Waals surface area contributed by atoms with Crippen LogP contribution in [0.15, 0.2) is 28.7 Å². The van der Waals surface area contributed by atoms with Crippen molar-refractivity contribution >= 4 is 16.7 Å². The molecule has 0 aliphatic carbocycles. The molecule has 1 aliphatic rings. The van der Waals surface area contributed by atoms with Gasteiger partial charge >= 0.3 is 0 Å². The summed E-state index contributed by atoms with van der Waals surface area (Å²) in [4.78, 5) is 20.8. The topological polar surface area (TPSA) is 66.7 Å². The van der Waals surface area contributed by atoms with Crippen molar-refractivity contribution in [1.29, 1.82) is 0 Å². The lowest BCUT2D eigenvalue weighted by Gasteiger charge is -2.32. The van der Waals surface area contributed by atoms with Gasteiger partial charge in [-0.1, -0.05) is 17.7 Å². The van der Waals surface area contributed by atoms with Crippen LogP contribution < -0.4 is 0 Å². The van der Waals surface area contributed by atoms with Crippen LogP contribution in [-0.2, 0) is 21.3 Å². The van der Waals surface area contributed by atoms with Crippen molar-refractivity contribution in [3.05, 3.63) is 41.3 Å². The van der Waals surface area contributed by atoms with Gasteiger partial charge in [-0.2, -0.15) is 0 Å². The lowest BCUT2D eigenvalue weighted by molar-refractivity contribution is -0.129. The number of aromatic nitrogens is 1. The van der Waals surface area contributed by atoms with E-state index in [9.17, 15) is 9.00 Å². The van der Waals surface area contributed by atoms with Gasteiger partial charge in [0.1, 0.15) is 11.5 Å². The monoisotopic (exact) mass is 375 g/mol. The fourth-order valence-corrected chi connectivity index (χ4v) is 4.08. The fraction of sp³-hybridized carbons (Fsp3) is 0.474. The van der Waals surface area contributed by atoms with Crippen molar-refractivity contribution in [3.8, 4) is 11.5 Å². The Hall–Kier alpha value is -1.99. The van der Waals surface area contributed by atoms with Crippen LogP contribution in [0.1, 0.15) is 17.0 Å². The van der Waals surface area contributed by atoms with E-state index in [-0.39, 0.29) is 17.4 Å². The van der Waals surface area contributed by atoms with Crippen LogP contribution in [0, 0.1) is 13.8 Å². The number of oxazole rings is 1. The number of rotatable bonds is 5. The van der Waals surface area contributed by atoms with Crippen molar-refractivity contribution in [2.24, 2.45) is 0 Å². The summed E-state index contributed by atoms with van der Waals surface area (Å²) in [6.07, 6.45) is 0. The minimum atomic E-state index is -1.30. The number of hydrogen-bond donors (Lipinski definition) is 0. The average Bonchev–Trinajstić information content (AvgIpc) is 2.96. The maximum absolute atomic E-state index is 12.5. The molecular formula is C19H25N3O3S. The quantitative estimate of drug-likeness (QED) is 0.799. The zero-order valence-corrected chi connectivity index (χ0v) is 16.3. The Morgan fingerprint density at radius 1 is 1.23 bits per heavy atom. The molecule has 1 saturated heterocycles. The van der Waals surface area contributed by atoms with E-state index in [1.165, 1.54) is 0 Å². The van der Waals surface area contributed by atoms with Crippen LogP contribution in [0.5, 0.6) is 0 Å². The maximum atomic E-state index is 12.5. The summed E-state index contributed by atoms with van der Waals surface area (Å²) in [6, 6.07) is 7.91. The highest BCUT2D eigenvalue weighted by molar-refractivity contribution is 7.84. The predicted molar refractivity (Wildman–Crippen MR) is 102 cm³/mol. The maximum Gasteiger partial charge on any atom is 0.235 e. The van der Waals surface area contributed by atoms with Gasteiger partial charge in [-0.25, -0.2) is 4.98 Å².